The molecular weight excluding hydrogens is 291 g/mol. The van der Waals surface area contributed by atoms with Crippen LogP contribution in [0.25, 0.3) is 0 Å². The van der Waals surface area contributed by atoms with Crippen LogP contribution in [0.1, 0.15) is 27.2 Å². The lowest BCUT2D eigenvalue weighted by atomic mass is 10.0. The number of carbonyl (C=O) groups is 1. The standard InChI is InChI=1S/C14H9ClF3NO/c1-8-2-4-9(5-3-8)12(20)10-6-7-11(14(16,17)18)19-13(10)15/h2-7H,1H3. The van der Waals surface area contributed by atoms with Crippen LogP contribution in [0.5, 0.6) is 0 Å². The third-order valence-corrected chi connectivity index (χ3v) is 2.99. The van der Waals surface area contributed by atoms with Gasteiger partial charge in [0.2, 0.25) is 0 Å². The summed E-state index contributed by atoms with van der Waals surface area (Å²) in [5.74, 6) is -0.462. The Morgan fingerprint density at radius 2 is 1.70 bits per heavy atom. The lowest BCUT2D eigenvalue weighted by molar-refractivity contribution is -0.141. The Hall–Kier alpha value is -1.88. The maximum absolute atomic E-state index is 12.5. The van der Waals surface area contributed by atoms with Crippen LogP contribution in [-0.2, 0) is 6.18 Å². The second-order valence-corrected chi connectivity index (χ2v) is 4.59. The predicted molar refractivity (Wildman–Crippen MR) is 68.9 cm³/mol. The average molecular weight is 300 g/mol. The highest BCUT2D eigenvalue weighted by molar-refractivity contribution is 6.33. The van der Waals surface area contributed by atoms with Gasteiger partial charge in [0.1, 0.15) is 10.8 Å². The molecule has 6 heteroatoms. The zero-order chi connectivity index (χ0) is 14.9. The minimum atomic E-state index is -4.59. The van der Waals surface area contributed by atoms with Gasteiger partial charge in [-0.05, 0) is 19.1 Å². The van der Waals surface area contributed by atoms with Gasteiger partial charge in [0, 0.05) is 5.56 Å². The molecule has 0 saturated heterocycles. The lowest BCUT2D eigenvalue weighted by Gasteiger charge is -2.08. The summed E-state index contributed by atoms with van der Waals surface area (Å²) in [5, 5.41) is -0.453. The lowest BCUT2D eigenvalue weighted by Crippen LogP contribution is -2.10. The van der Waals surface area contributed by atoms with Gasteiger partial charge in [-0.25, -0.2) is 4.98 Å². The molecule has 0 aliphatic heterocycles. The van der Waals surface area contributed by atoms with Crippen molar-refractivity contribution >= 4 is 17.4 Å². The van der Waals surface area contributed by atoms with Crippen molar-refractivity contribution in [3.63, 3.8) is 0 Å². The Morgan fingerprint density at radius 3 is 2.20 bits per heavy atom. The zero-order valence-corrected chi connectivity index (χ0v) is 11.1. The minimum Gasteiger partial charge on any atom is -0.288 e. The smallest absolute Gasteiger partial charge is 0.288 e. The molecule has 0 saturated carbocycles. The summed E-state index contributed by atoms with van der Waals surface area (Å²) < 4.78 is 37.4. The second-order valence-electron chi connectivity index (χ2n) is 4.23. The van der Waals surface area contributed by atoms with Gasteiger partial charge in [0.25, 0.3) is 0 Å². The Kier molecular flexibility index (Phi) is 3.81. The molecule has 0 amide bonds. The van der Waals surface area contributed by atoms with E-state index in [0.717, 1.165) is 17.7 Å². The van der Waals surface area contributed by atoms with Crippen LogP contribution >= 0.6 is 11.6 Å². The van der Waals surface area contributed by atoms with E-state index in [4.69, 9.17) is 11.6 Å². The van der Waals surface area contributed by atoms with Crippen molar-refractivity contribution in [2.75, 3.05) is 0 Å². The van der Waals surface area contributed by atoms with E-state index in [9.17, 15) is 18.0 Å². The zero-order valence-electron chi connectivity index (χ0n) is 10.3. The van der Waals surface area contributed by atoms with Crippen LogP contribution in [0.15, 0.2) is 36.4 Å². The van der Waals surface area contributed by atoms with Crippen molar-refractivity contribution in [1.82, 2.24) is 4.98 Å². The summed E-state index contributed by atoms with van der Waals surface area (Å²) in [7, 11) is 0. The number of rotatable bonds is 2. The molecule has 0 atom stereocenters. The number of hydrogen-bond donors (Lipinski definition) is 0. The summed E-state index contributed by atoms with van der Waals surface area (Å²) in [6.45, 7) is 1.86. The van der Waals surface area contributed by atoms with Crippen LogP contribution in [-0.4, -0.2) is 10.8 Å². The summed E-state index contributed by atoms with van der Waals surface area (Å²) >= 11 is 5.68. The van der Waals surface area contributed by atoms with Gasteiger partial charge in [-0.15, -0.1) is 0 Å². The number of nitrogens with zero attached hydrogens (tertiary/aromatic N) is 1. The summed E-state index contributed by atoms with van der Waals surface area (Å²) in [6, 6.07) is 8.43. The maximum Gasteiger partial charge on any atom is 0.433 e. The van der Waals surface area contributed by atoms with Crippen molar-refractivity contribution in [3.05, 3.63) is 63.9 Å². The molecule has 0 fully saturated rings. The van der Waals surface area contributed by atoms with Crippen LogP contribution in [0, 0.1) is 6.92 Å². The quantitative estimate of drug-likeness (QED) is 0.611. The van der Waals surface area contributed by atoms with E-state index >= 15 is 0 Å². The normalized spacial score (nSPS) is 11.4. The molecule has 2 nitrogen and oxygen atoms in total. The molecule has 0 unspecified atom stereocenters. The van der Waals surface area contributed by atoms with E-state index in [1.54, 1.807) is 24.3 Å². The molecule has 2 aromatic rings. The third kappa shape index (κ3) is 2.99. The third-order valence-electron chi connectivity index (χ3n) is 2.70. The average Bonchev–Trinajstić information content (AvgIpc) is 2.37. The fourth-order valence-electron chi connectivity index (χ4n) is 1.62. The van der Waals surface area contributed by atoms with Gasteiger partial charge >= 0.3 is 6.18 Å². The Labute approximate surface area is 118 Å². The molecule has 0 N–H and O–H groups in total. The highest BCUT2D eigenvalue weighted by Crippen LogP contribution is 2.30. The topological polar surface area (TPSA) is 30.0 Å². The number of pyridine rings is 1. The number of aromatic nitrogens is 1. The van der Waals surface area contributed by atoms with E-state index in [2.05, 4.69) is 4.98 Å². The van der Waals surface area contributed by atoms with Crippen molar-refractivity contribution in [2.45, 2.75) is 13.1 Å². The SMILES string of the molecule is Cc1ccc(C(=O)c2ccc(C(F)(F)F)nc2Cl)cc1. The largest absolute Gasteiger partial charge is 0.433 e. The molecule has 1 heterocycles. The van der Waals surface area contributed by atoms with Crippen molar-refractivity contribution in [2.24, 2.45) is 0 Å². The molecule has 1 aromatic heterocycles. The first-order chi connectivity index (χ1) is 9.29. The molecule has 0 aliphatic rings. The fourth-order valence-corrected chi connectivity index (χ4v) is 1.86. The Bertz CT molecular complexity index is 650. The predicted octanol–water partition coefficient (Wildman–Crippen LogP) is 4.29. The van der Waals surface area contributed by atoms with E-state index in [-0.39, 0.29) is 5.56 Å². The fraction of sp³-hybridized carbons (Fsp3) is 0.143. The first-order valence-electron chi connectivity index (χ1n) is 5.64. The highest BCUT2D eigenvalue weighted by atomic mass is 35.5. The van der Waals surface area contributed by atoms with Gasteiger partial charge in [-0.2, -0.15) is 13.2 Å². The minimum absolute atomic E-state index is 0.0523. The molecule has 1 aromatic carbocycles. The van der Waals surface area contributed by atoms with E-state index in [0.29, 0.717) is 5.56 Å². The Morgan fingerprint density at radius 1 is 1.10 bits per heavy atom. The maximum atomic E-state index is 12.5. The molecule has 0 bridgehead atoms. The number of hydrogen-bond acceptors (Lipinski definition) is 2. The second kappa shape index (κ2) is 5.25. The van der Waals surface area contributed by atoms with Gasteiger partial charge in [0.05, 0.1) is 5.56 Å². The van der Waals surface area contributed by atoms with Crippen molar-refractivity contribution in [1.29, 1.82) is 0 Å². The van der Waals surface area contributed by atoms with Crippen LogP contribution in [0.3, 0.4) is 0 Å². The van der Waals surface area contributed by atoms with E-state index < -0.39 is 22.8 Å². The van der Waals surface area contributed by atoms with Gasteiger partial charge in [-0.1, -0.05) is 41.4 Å². The van der Waals surface area contributed by atoms with Gasteiger partial charge in [-0.3, -0.25) is 4.79 Å². The number of halogens is 4. The van der Waals surface area contributed by atoms with Crippen molar-refractivity contribution in [3.8, 4) is 0 Å². The van der Waals surface area contributed by atoms with Crippen LogP contribution < -0.4 is 0 Å². The summed E-state index contributed by atoms with van der Waals surface area (Å²) in [6.07, 6.45) is -4.59. The van der Waals surface area contributed by atoms with E-state index in [1.165, 1.54) is 0 Å². The molecule has 20 heavy (non-hydrogen) atoms. The van der Waals surface area contributed by atoms with Crippen molar-refractivity contribution < 1.29 is 18.0 Å². The summed E-state index contributed by atoms with van der Waals surface area (Å²) in [4.78, 5) is 15.4. The van der Waals surface area contributed by atoms with Crippen LogP contribution in [0.4, 0.5) is 13.2 Å². The first-order valence-corrected chi connectivity index (χ1v) is 6.02. The van der Waals surface area contributed by atoms with Gasteiger partial charge < -0.3 is 0 Å². The molecule has 2 rings (SSSR count). The number of benzene rings is 1. The molecule has 104 valence electrons. The van der Waals surface area contributed by atoms with Crippen LogP contribution in [0.2, 0.25) is 5.15 Å². The summed E-state index contributed by atoms with van der Waals surface area (Å²) in [5.41, 5.74) is 0.142. The number of aryl methyl sites for hydroxylation is 1. The Balaban J connectivity index is 2.38. The first kappa shape index (κ1) is 14.5. The molecule has 0 spiro atoms. The van der Waals surface area contributed by atoms with E-state index in [1.807, 2.05) is 6.92 Å². The molecule has 0 radical (unpaired) electrons. The number of alkyl halides is 3. The highest BCUT2D eigenvalue weighted by Gasteiger charge is 2.33. The monoisotopic (exact) mass is 299 g/mol. The van der Waals surface area contributed by atoms with Gasteiger partial charge in [0.15, 0.2) is 5.78 Å². The number of ketones is 1. The molecule has 0 aliphatic carbocycles. The molecular formula is C14H9ClF3NO. The number of carbonyl (C=O) groups excluding carboxylic acids is 1.